The van der Waals surface area contributed by atoms with E-state index >= 15 is 0 Å². The van der Waals surface area contributed by atoms with Crippen LogP contribution in [0.1, 0.15) is 34.0 Å². The Morgan fingerprint density at radius 3 is 2.65 bits per heavy atom. The predicted octanol–water partition coefficient (Wildman–Crippen LogP) is 5.06. The molecule has 4 nitrogen and oxygen atoms in total. The minimum atomic E-state index is -0.522. The molecule has 6 heteroatoms. The maximum atomic E-state index is 13.8. The van der Waals surface area contributed by atoms with Crippen molar-refractivity contribution in [3.05, 3.63) is 63.4 Å². The van der Waals surface area contributed by atoms with Gasteiger partial charge in [-0.15, -0.1) is 0 Å². The van der Waals surface area contributed by atoms with Gasteiger partial charge in [-0.25, -0.2) is 14.2 Å². The van der Waals surface area contributed by atoms with Gasteiger partial charge in [0.2, 0.25) is 0 Å². The molecule has 0 amide bonds. The van der Waals surface area contributed by atoms with Gasteiger partial charge in [-0.3, -0.25) is 0 Å². The van der Waals surface area contributed by atoms with Gasteiger partial charge in [-0.2, -0.15) is 0 Å². The Kier molecular flexibility index (Phi) is 6.75. The SMILES string of the molecule is CCN(C)/C=N/c1ccc(C(=O)OCc2c(F)cccc2Cl)c(C)c1C. The molecule has 2 rings (SSSR count). The number of halogens is 2. The fourth-order valence-electron chi connectivity index (χ4n) is 2.30. The predicted molar refractivity (Wildman–Crippen MR) is 103 cm³/mol. The molecule has 0 spiro atoms. The molecule has 0 saturated carbocycles. The van der Waals surface area contributed by atoms with Crippen molar-refractivity contribution in [3.63, 3.8) is 0 Å². The first-order valence-electron chi connectivity index (χ1n) is 8.29. The zero-order chi connectivity index (χ0) is 19.3. The molecule has 2 aromatic carbocycles. The van der Waals surface area contributed by atoms with Crippen molar-refractivity contribution in [3.8, 4) is 0 Å². The highest BCUT2D eigenvalue weighted by Gasteiger charge is 2.16. The number of aliphatic imine (C=N–C) groups is 1. The zero-order valence-corrected chi connectivity index (χ0v) is 16.1. The number of hydrogen-bond donors (Lipinski definition) is 0. The van der Waals surface area contributed by atoms with Crippen molar-refractivity contribution in [2.45, 2.75) is 27.4 Å². The highest BCUT2D eigenvalue weighted by molar-refractivity contribution is 6.31. The van der Waals surface area contributed by atoms with E-state index in [1.165, 1.54) is 12.1 Å². The summed E-state index contributed by atoms with van der Waals surface area (Å²) in [4.78, 5) is 18.8. The van der Waals surface area contributed by atoms with Crippen LogP contribution in [0, 0.1) is 19.7 Å². The third-order valence-electron chi connectivity index (χ3n) is 4.28. The monoisotopic (exact) mass is 376 g/mol. The zero-order valence-electron chi connectivity index (χ0n) is 15.3. The van der Waals surface area contributed by atoms with E-state index in [-0.39, 0.29) is 17.2 Å². The van der Waals surface area contributed by atoms with E-state index < -0.39 is 11.8 Å². The van der Waals surface area contributed by atoms with Crippen LogP contribution < -0.4 is 0 Å². The van der Waals surface area contributed by atoms with Crippen LogP contribution in [0.2, 0.25) is 5.02 Å². The van der Waals surface area contributed by atoms with E-state index in [2.05, 4.69) is 4.99 Å². The molecular weight excluding hydrogens is 355 g/mol. The summed E-state index contributed by atoms with van der Waals surface area (Å²) in [5.41, 5.74) is 3.06. The summed E-state index contributed by atoms with van der Waals surface area (Å²) in [6, 6.07) is 7.79. The molecule has 0 aliphatic rings. The average Bonchev–Trinajstić information content (AvgIpc) is 2.62. The lowest BCUT2D eigenvalue weighted by Gasteiger charge is -2.13. The van der Waals surface area contributed by atoms with Crippen molar-refractivity contribution in [2.24, 2.45) is 4.99 Å². The largest absolute Gasteiger partial charge is 0.457 e. The first-order valence-corrected chi connectivity index (χ1v) is 8.67. The summed E-state index contributed by atoms with van der Waals surface area (Å²) in [6.45, 7) is 6.41. The second-order valence-electron chi connectivity index (χ2n) is 5.98. The van der Waals surface area contributed by atoms with E-state index in [9.17, 15) is 9.18 Å². The summed E-state index contributed by atoms with van der Waals surface area (Å²) in [7, 11) is 1.94. The smallest absolute Gasteiger partial charge is 0.338 e. The maximum absolute atomic E-state index is 13.8. The molecule has 0 atom stereocenters. The van der Waals surface area contributed by atoms with E-state index in [1.54, 1.807) is 24.5 Å². The fourth-order valence-corrected chi connectivity index (χ4v) is 2.51. The van der Waals surface area contributed by atoms with Crippen LogP contribution in [0.15, 0.2) is 35.3 Å². The summed E-state index contributed by atoms with van der Waals surface area (Å²) in [5.74, 6) is -1.02. The third kappa shape index (κ3) is 4.61. The normalized spacial score (nSPS) is 11.0. The highest BCUT2D eigenvalue weighted by atomic mass is 35.5. The second-order valence-corrected chi connectivity index (χ2v) is 6.38. The Balaban J connectivity index is 2.17. The van der Waals surface area contributed by atoms with Gasteiger partial charge < -0.3 is 9.64 Å². The summed E-state index contributed by atoms with van der Waals surface area (Å²) in [5, 5.41) is 0.232. The quantitative estimate of drug-likeness (QED) is 0.402. The Hall–Kier alpha value is -2.40. The number of carbonyl (C=O) groups excluding carboxylic acids is 1. The Bertz CT molecular complexity index is 817. The second kappa shape index (κ2) is 8.81. The van der Waals surface area contributed by atoms with E-state index in [0.29, 0.717) is 5.56 Å². The van der Waals surface area contributed by atoms with Gasteiger partial charge in [0.15, 0.2) is 0 Å². The van der Waals surface area contributed by atoms with Crippen molar-refractivity contribution in [1.29, 1.82) is 0 Å². The summed E-state index contributed by atoms with van der Waals surface area (Å²) < 4.78 is 19.0. The first-order chi connectivity index (χ1) is 12.3. The number of nitrogens with zero attached hydrogens (tertiary/aromatic N) is 2. The van der Waals surface area contributed by atoms with E-state index in [4.69, 9.17) is 16.3 Å². The Morgan fingerprint density at radius 1 is 1.27 bits per heavy atom. The van der Waals surface area contributed by atoms with Crippen LogP contribution in [0.5, 0.6) is 0 Å². The molecule has 26 heavy (non-hydrogen) atoms. The van der Waals surface area contributed by atoms with Crippen molar-refractivity contribution >= 4 is 29.6 Å². The lowest BCUT2D eigenvalue weighted by molar-refractivity contribution is 0.0468. The van der Waals surface area contributed by atoms with Gasteiger partial charge in [0, 0.05) is 19.2 Å². The number of ether oxygens (including phenoxy) is 1. The van der Waals surface area contributed by atoms with Crippen molar-refractivity contribution in [2.75, 3.05) is 13.6 Å². The van der Waals surface area contributed by atoms with Crippen LogP contribution in [0.25, 0.3) is 0 Å². The molecule has 0 heterocycles. The molecule has 0 radical (unpaired) electrons. The van der Waals surface area contributed by atoms with Crippen molar-refractivity contribution < 1.29 is 13.9 Å². The van der Waals surface area contributed by atoms with Crippen LogP contribution in [0.4, 0.5) is 10.1 Å². The number of rotatable bonds is 6. The third-order valence-corrected chi connectivity index (χ3v) is 4.63. The van der Waals surface area contributed by atoms with Crippen LogP contribution in [-0.4, -0.2) is 30.8 Å². The van der Waals surface area contributed by atoms with Gasteiger partial charge in [-0.05, 0) is 56.2 Å². The Morgan fingerprint density at radius 2 is 2.00 bits per heavy atom. The van der Waals surface area contributed by atoms with E-state index in [0.717, 1.165) is 23.4 Å². The van der Waals surface area contributed by atoms with Gasteiger partial charge in [0.25, 0.3) is 0 Å². The topological polar surface area (TPSA) is 41.9 Å². The number of benzene rings is 2. The van der Waals surface area contributed by atoms with Gasteiger partial charge in [0.1, 0.15) is 12.4 Å². The molecule has 0 aliphatic heterocycles. The molecule has 0 unspecified atom stereocenters. The molecule has 138 valence electrons. The molecule has 0 aromatic heterocycles. The molecule has 0 fully saturated rings. The first kappa shape index (κ1) is 19.9. The molecule has 0 saturated heterocycles. The van der Waals surface area contributed by atoms with Crippen LogP contribution in [-0.2, 0) is 11.3 Å². The summed E-state index contributed by atoms with van der Waals surface area (Å²) >= 11 is 5.96. The Labute approximate surface area is 158 Å². The minimum absolute atomic E-state index is 0.167. The van der Waals surface area contributed by atoms with Crippen LogP contribution in [0.3, 0.4) is 0 Å². The lowest BCUT2D eigenvalue weighted by Crippen LogP contribution is -2.14. The van der Waals surface area contributed by atoms with Gasteiger partial charge in [-0.1, -0.05) is 17.7 Å². The minimum Gasteiger partial charge on any atom is -0.457 e. The van der Waals surface area contributed by atoms with Gasteiger partial charge in [0.05, 0.1) is 22.6 Å². The molecule has 0 bridgehead atoms. The molecule has 0 aliphatic carbocycles. The average molecular weight is 377 g/mol. The molecular formula is C20H22ClFN2O2. The summed E-state index contributed by atoms with van der Waals surface area (Å²) in [6.07, 6.45) is 1.75. The van der Waals surface area contributed by atoms with E-state index in [1.807, 2.05) is 32.7 Å². The molecule has 2 aromatic rings. The number of carbonyl (C=O) groups is 1. The van der Waals surface area contributed by atoms with Crippen molar-refractivity contribution in [1.82, 2.24) is 4.90 Å². The standard InChI is InChI=1S/C20H22ClFN2O2/c1-5-24(4)12-23-19-10-9-15(13(2)14(19)3)20(25)26-11-16-17(21)7-6-8-18(16)22/h6-10,12H,5,11H2,1-4H3/b23-12+. The highest BCUT2D eigenvalue weighted by Crippen LogP contribution is 2.26. The maximum Gasteiger partial charge on any atom is 0.338 e. The fraction of sp³-hybridized carbons (Fsp3) is 0.300. The lowest BCUT2D eigenvalue weighted by atomic mass is 10.0. The van der Waals surface area contributed by atoms with Gasteiger partial charge >= 0.3 is 5.97 Å². The molecule has 0 N–H and O–H groups in total. The number of hydrogen-bond acceptors (Lipinski definition) is 3. The van der Waals surface area contributed by atoms with Crippen LogP contribution >= 0.6 is 11.6 Å². The number of esters is 1.